The van der Waals surface area contributed by atoms with Crippen molar-refractivity contribution >= 4 is 11.8 Å². The molecule has 0 heterocycles. The predicted molar refractivity (Wildman–Crippen MR) is 113 cm³/mol. The van der Waals surface area contributed by atoms with E-state index >= 15 is 0 Å². The first-order chi connectivity index (χ1) is 13.5. The third-order valence-electron chi connectivity index (χ3n) is 8.72. The number of hydrogen-bond acceptors (Lipinski definition) is 3. The first-order valence-electron chi connectivity index (χ1n) is 12.1. The van der Waals surface area contributed by atoms with E-state index in [1.807, 2.05) is 0 Å². The molecule has 3 fully saturated rings. The summed E-state index contributed by atoms with van der Waals surface area (Å²) in [5.74, 6) is 3.87. The third kappa shape index (κ3) is 4.82. The molecule has 3 saturated carbocycles. The number of unbranched alkanes of at least 4 members (excludes halogenated alkanes) is 1. The van der Waals surface area contributed by atoms with Crippen LogP contribution in [0, 0.1) is 35.0 Å². The summed E-state index contributed by atoms with van der Waals surface area (Å²) >= 11 is 0. The Labute approximate surface area is 172 Å². The fourth-order valence-electron chi connectivity index (χ4n) is 6.55. The molecule has 2 atom stereocenters. The summed E-state index contributed by atoms with van der Waals surface area (Å²) in [6.45, 7) is 4.09. The van der Waals surface area contributed by atoms with Crippen molar-refractivity contribution in [2.24, 2.45) is 35.0 Å². The molecule has 3 aliphatic carbocycles. The van der Waals surface area contributed by atoms with Gasteiger partial charge in [0.2, 0.25) is 0 Å². The maximum absolute atomic E-state index is 12.7. The molecule has 160 valence electrons. The molecular formula is C25H42O3. The van der Waals surface area contributed by atoms with Gasteiger partial charge in [-0.15, -0.1) is 0 Å². The zero-order valence-electron chi connectivity index (χ0n) is 18.5. The standard InChI is InChI=1S/C25H42O3/c1-4-5-6-18-7-9-19(10-8-18)20-11-13-21(14-12-20)22-15-16-25(2,23(26)17-22)24(27)28-3/h18-22H,4-17H2,1-3H3/t18?,19?,20?,21?,22-,25+/m1/s1. The number of carbonyl (C=O) groups is 2. The minimum absolute atomic E-state index is 0.114. The number of ketones is 1. The number of methoxy groups -OCH3 is 1. The van der Waals surface area contributed by atoms with Gasteiger partial charge in [-0.1, -0.05) is 39.0 Å². The maximum atomic E-state index is 12.7. The lowest BCUT2D eigenvalue weighted by molar-refractivity contribution is -0.160. The lowest BCUT2D eigenvalue weighted by atomic mass is 9.62. The molecular weight excluding hydrogens is 348 g/mol. The Morgan fingerprint density at radius 1 is 0.929 bits per heavy atom. The Bertz CT molecular complexity index is 526. The van der Waals surface area contributed by atoms with Crippen LogP contribution in [0.1, 0.15) is 104 Å². The van der Waals surface area contributed by atoms with Gasteiger partial charge in [-0.3, -0.25) is 9.59 Å². The highest BCUT2D eigenvalue weighted by molar-refractivity contribution is 6.03. The second-order valence-electron chi connectivity index (χ2n) is 10.3. The molecule has 0 aromatic carbocycles. The summed E-state index contributed by atoms with van der Waals surface area (Å²) in [6.07, 6.45) is 17.7. The van der Waals surface area contributed by atoms with E-state index < -0.39 is 5.41 Å². The highest BCUT2D eigenvalue weighted by atomic mass is 16.5. The molecule has 3 rings (SSSR count). The normalized spacial score (nSPS) is 39.5. The molecule has 0 aromatic rings. The third-order valence-corrected chi connectivity index (χ3v) is 8.72. The summed E-state index contributed by atoms with van der Waals surface area (Å²) in [5.41, 5.74) is -0.890. The van der Waals surface area contributed by atoms with E-state index in [1.54, 1.807) is 6.92 Å². The monoisotopic (exact) mass is 390 g/mol. The molecule has 3 heteroatoms. The first kappa shape index (κ1) is 21.8. The highest BCUT2D eigenvalue weighted by Gasteiger charge is 2.47. The summed E-state index contributed by atoms with van der Waals surface area (Å²) in [6, 6.07) is 0. The van der Waals surface area contributed by atoms with Gasteiger partial charge < -0.3 is 4.74 Å². The number of carbonyl (C=O) groups excluding carboxylic acids is 2. The van der Waals surface area contributed by atoms with Gasteiger partial charge in [0.1, 0.15) is 11.2 Å². The number of Topliss-reactive ketones (excluding diaryl/α,β-unsaturated/α-hetero) is 1. The van der Waals surface area contributed by atoms with E-state index in [9.17, 15) is 9.59 Å². The van der Waals surface area contributed by atoms with Crippen molar-refractivity contribution < 1.29 is 14.3 Å². The summed E-state index contributed by atoms with van der Waals surface area (Å²) in [7, 11) is 1.39. The number of rotatable bonds is 6. The average Bonchev–Trinajstić information content (AvgIpc) is 2.74. The van der Waals surface area contributed by atoms with E-state index in [0.717, 1.165) is 24.2 Å². The van der Waals surface area contributed by atoms with E-state index in [1.165, 1.54) is 77.7 Å². The van der Waals surface area contributed by atoms with Crippen LogP contribution < -0.4 is 0 Å². The molecule has 0 bridgehead atoms. The molecule has 28 heavy (non-hydrogen) atoms. The van der Waals surface area contributed by atoms with Crippen LogP contribution in [0.5, 0.6) is 0 Å². The first-order valence-corrected chi connectivity index (χ1v) is 12.1. The molecule has 0 amide bonds. The van der Waals surface area contributed by atoms with Gasteiger partial charge in [-0.25, -0.2) is 0 Å². The maximum Gasteiger partial charge on any atom is 0.319 e. The van der Waals surface area contributed by atoms with Crippen LogP contribution in [0.15, 0.2) is 0 Å². The van der Waals surface area contributed by atoms with Gasteiger partial charge in [0.25, 0.3) is 0 Å². The van der Waals surface area contributed by atoms with E-state index in [-0.39, 0.29) is 11.8 Å². The Balaban J connectivity index is 1.43. The van der Waals surface area contributed by atoms with Crippen LogP contribution in [0.3, 0.4) is 0 Å². The van der Waals surface area contributed by atoms with Gasteiger partial charge in [-0.2, -0.15) is 0 Å². The molecule has 0 unspecified atom stereocenters. The van der Waals surface area contributed by atoms with E-state index in [4.69, 9.17) is 4.74 Å². The average molecular weight is 391 g/mol. The Kier molecular flexibility index (Phi) is 7.61. The molecule has 0 aromatic heterocycles. The summed E-state index contributed by atoms with van der Waals surface area (Å²) in [5, 5.41) is 0. The Hall–Kier alpha value is -0.860. The van der Waals surface area contributed by atoms with Crippen molar-refractivity contribution in [2.45, 2.75) is 104 Å². The molecule has 0 spiro atoms. The molecule has 0 saturated heterocycles. The summed E-state index contributed by atoms with van der Waals surface area (Å²) < 4.78 is 4.89. The van der Waals surface area contributed by atoms with Crippen molar-refractivity contribution in [3.8, 4) is 0 Å². The molecule has 3 aliphatic rings. The SMILES string of the molecule is CCCCC1CCC(C2CCC([C@@H]3CC[C@](C)(C(=O)OC)C(=O)C3)CC2)CC1. The Morgan fingerprint density at radius 2 is 1.46 bits per heavy atom. The Morgan fingerprint density at radius 3 is 1.96 bits per heavy atom. The second-order valence-corrected chi connectivity index (χ2v) is 10.3. The van der Waals surface area contributed by atoms with Gasteiger partial charge in [-0.05, 0) is 87.9 Å². The van der Waals surface area contributed by atoms with Crippen LogP contribution in [0.2, 0.25) is 0 Å². The largest absolute Gasteiger partial charge is 0.468 e. The van der Waals surface area contributed by atoms with Crippen molar-refractivity contribution in [3.63, 3.8) is 0 Å². The minimum Gasteiger partial charge on any atom is -0.468 e. The van der Waals surface area contributed by atoms with Gasteiger partial charge >= 0.3 is 5.97 Å². The van der Waals surface area contributed by atoms with Crippen molar-refractivity contribution in [1.29, 1.82) is 0 Å². The van der Waals surface area contributed by atoms with Crippen LogP contribution in [-0.2, 0) is 14.3 Å². The topological polar surface area (TPSA) is 43.4 Å². The zero-order valence-corrected chi connectivity index (χ0v) is 18.5. The number of esters is 1. The van der Waals surface area contributed by atoms with E-state index in [0.29, 0.717) is 24.7 Å². The smallest absolute Gasteiger partial charge is 0.319 e. The fraction of sp³-hybridized carbons (Fsp3) is 0.920. The highest BCUT2D eigenvalue weighted by Crippen LogP contribution is 2.47. The predicted octanol–water partition coefficient (Wildman–Crippen LogP) is 6.34. The quantitative estimate of drug-likeness (QED) is 0.393. The van der Waals surface area contributed by atoms with Crippen molar-refractivity contribution in [1.82, 2.24) is 0 Å². The minimum atomic E-state index is -0.890. The van der Waals surface area contributed by atoms with E-state index in [2.05, 4.69) is 6.92 Å². The lowest BCUT2D eigenvalue weighted by Crippen LogP contribution is -2.43. The zero-order chi connectivity index (χ0) is 20.1. The molecule has 0 aliphatic heterocycles. The van der Waals surface area contributed by atoms with Crippen LogP contribution in [0.4, 0.5) is 0 Å². The summed E-state index contributed by atoms with van der Waals surface area (Å²) in [4.78, 5) is 24.7. The molecule has 3 nitrogen and oxygen atoms in total. The second kappa shape index (κ2) is 9.76. The van der Waals surface area contributed by atoms with Crippen molar-refractivity contribution in [3.05, 3.63) is 0 Å². The fourth-order valence-corrected chi connectivity index (χ4v) is 6.55. The van der Waals surface area contributed by atoms with Crippen molar-refractivity contribution in [2.75, 3.05) is 7.11 Å². The lowest BCUT2D eigenvalue weighted by Gasteiger charge is -2.42. The van der Waals surface area contributed by atoms with Crippen LogP contribution >= 0.6 is 0 Å². The van der Waals surface area contributed by atoms with Gasteiger partial charge in [0.05, 0.1) is 7.11 Å². The number of hydrogen-bond donors (Lipinski definition) is 0. The van der Waals surface area contributed by atoms with Gasteiger partial charge in [0, 0.05) is 6.42 Å². The van der Waals surface area contributed by atoms with Gasteiger partial charge in [0.15, 0.2) is 0 Å². The van der Waals surface area contributed by atoms with Crippen LogP contribution in [0.25, 0.3) is 0 Å². The molecule has 0 N–H and O–H groups in total. The molecule has 0 radical (unpaired) electrons. The number of ether oxygens (including phenoxy) is 1. The van der Waals surface area contributed by atoms with Crippen LogP contribution in [-0.4, -0.2) is 18.9 Å².